The predicted molar refractivity (Wildman–Crippen MR) is 119 cm³/mol. The van der Waals surface area contributed by atoms with Crippen molar-refractivity contribution in [2.24, 2.45) is 5.73 Å². The lowest BCUT2D eigenvalue weighted by atomic mass is 10.0. The molecule has 4 aromatic rings. The molecule has 0 saturated heterocycles. The van der Waals surface area contributed by atoms with Gasteiger partial charge in [-0.15, -0.1) is 0 Å². The van der Waals surface area contributed by atoms with Gasteiger partial charge in [-0.1, -0.05) is 54.1 Å². The van der Waals surface area contributed by atoms with Crippen molar-refractivity contribution >= 4 is 28.6 Å². The lowest BCUT2D eigenvalue weighted by Gasteiger charge is -2.11. The molecule has 0 aliphatic carbocycles. The number of nitrogens with one attached hydrogen (secondary N) is 1. The highest BCUT2D eigenvalue weighted by Crippen LogP contribution is 2.31. The molecule has 0 atom stereocenters. The molecule has 0 aliphatic heterocycles. The highest BCUT2D eigenvalue weighted by atomic mass is 35.5. The van der Waals surface area contributed by atoms with E-state index in [1.54, 1.807) is 0 Å². The molecule has 2 heterocycles. The van der Waals surface area contributed by atoms with Crippen molar-refractivity contribution in [1.29, 1.82) is 0 Å². The average Bonchev–Trinajstić information content (AvgIpc) is 2.79. The maximum Gasteiger partial charge on any atom is 0.180 e. The fraction of sp³-hybridized carbons (Fsp3) is 0.136. The van der Waals surface area contributed by atoms with Gasteiger partial charge in [0.05, 0.1) is 18.0 Å². The first-order chi connectivity index (χ1) is 14.2. The standard InChI is InChI=1S/C21H17ClN4O.CH5N/c22-16-8-6-15(7-9-16)20-19(14-4-2-1-3-5-14)24-17-10-11-18(23-12-13-27)25-21(17)26-20;1-2/h1-11,27H,12-13H2,(H,23,25,26);2H2,1H3. The van der Waals surface area contributed by atoms with Crippen molar-refractivity contribution in [2.75, 3.05) is 25.5 Å². The Morgan fingerprint density at radius 2 is 1.48 bits per heavy atom. The van der Waals surface area contributed by atoms with Gasteiger partial charge in [0, 0.05) is 22.7 Å². The summed E-state index contributed by atoms with van der Waals surface area (Å²) in [5, 5.41) is 12.7. The summed E-state index contributed by atoms with van der Waals surface area (Å²) in [6.45, 7) is 0.465. The van der Waals surface area contributed by atoms with Gasteiger partial charge in [0.15, 0.2) is 5.65 Å². The van der Waals surface area contributed by atoms with Gasteiger partial charge in [0.1, 0.15) is 11.3 Å². The third-order valence-corrected chi connectivity index (χ3v) is 4.36. The van der Waals surface area contributed by atoms with Gasteiger partial charge in [-0.2, -0.15) is 0 Å². The van der Waals surface area contributed by atoms with E-state index in [-0.39, 0.29) is 6.61 Å². The van der Waals surface area contributed by atoms with E-state index in [0.717, 1.165) is 22.5 Å². The Morgan fingerprint density at radius 3 is 2.17 bits per heavy atom. The summed E-state index contributed by atoms with van der Waals surface area (Å²) in [5.74, 6) is 0.653. The van der Waals surface area contributed by atoms with Crippen LogP contribution in [0.1, 0.15) is 0 Å². The van der Waals surface area contributed by atoms with Crippen LogP contribution in [0.2, 0.25) is 5.02 Å². The van der Waals surface area contributed by atoms with Gasteiger partial charge in [-0.05, 0) is 31.3 Å². The van der Waals surface area contributed by atoms with Crippen LogP contribution in [0.3, 0.4) is 0 Å². The molecule has 4 N–H and O–H groups in total. The number of benzene rings is 2. The number of anilines is 1. The number of nitrogens with two attached hydrogens (primary N) is 1. The molecule has 29 heavy (non-hydrogen) atoms. The van der Waals surface area contributed by atoms with Crippen LogP contribution in [0.15, 0.2) is 66.7 Å². The minimum absolute atomic E-state index is 0.0361. The summed E-state index contributed by atoms with van der Waals surface area (Å²) in [6, 6.07) is 21.2. The van der Waals surface area contributed by atoms with E-state index >= 15 is 0 Å². The van der Waals surface area contributed by atoms with Crippen LogP contribution in [0.5, 0.6) is 0 Å². The number of fused-ring (bicyclic) bond motifs is 1. The Bertz CT molecular complexity index is 1070. The molecule has 2 aromatic carbocycles. The number of aliphatic hydroxyl groups excluding tert-OH is 1. The number of rotatable bonds is 5. The first-order valence-corrected chi connectivity index (χ1v) is 9.55. The molecule has 0 saturated carbocycles. The Balaban J connectivity index is 0.00000117. The van der Waals surface area contributed by atoms with Crippen LogP contribution in [0, 0.1) is 0 Å². The predicted octanol–water partition coefficient (Wildman–Crippen LogP) is 3.99. The molecule has 148 valence electrons. The summed E-state index contributed by atoms with van der Waals surface area (Å²) in [7, 11) is 1.50. The fourth-order valence-electron chi connectivity index (χ4n) is 2.83. The summed E-state index contributed by atoms with van der Waals surface area (Å²) >= 11 is 6.04. The monoisotopic (exact) mass is 407 g/mol. The van der Waals surface area contributed by atoms with Gasteiger partial charge < -0.3 is 16.2 Å². The van der Waals surface area contributed by atoms with E-state index in [1.807, 2.05) is 66.7 Å². The van der Waals surface area contributed by atoms with Crippen molar-refractivity contribution in [3.05, 3.63) is 71.8 Å². The van der Waals surface area contributed by atoms with Crippen LogP contribution in [0.25, 0.3) is 33.7 Å². The number of hydrogen-bond donors (Lipinski definition) is 3. The molecule has 6 nitrogen and oxygen atoms in total. The molecule has 0 unspecified atom stereocenters. The Labute approximate surface area is 174 Å². The molecule has 4 rings (SSSR count). The first kappa shape index (κ1) is 20.7. The molecule has 0 spiro atoms. The molecular formula is C22H22ClN5O. The van der Waals surface area contributed by atoms with E-state index < -0.39 is 0 Å². The van der Waals surface area contributed by atoms with Crippen molar-refractivity contribution in [1.82, 2.24) is 15.0 Å². The van der Waals surface area contributed by atoms with Crippen LogP contribution >= 0.6 is 11.6 Å². The molecule has 0 fully saturated rings. The summed E-state index contributed by atoms with van der Waals surface area (Å²) in [6.07, 6.45) is 0. The smallest absolute Gasteiger partial charge is 0.180 e. The highest BCUT2D eigenvalue weighted by molar-refractivity contribution is 6.30. The SMILES string of the molecule is CN.OCCNc1ccc2nc(-c3ccccc3)c(-c3ccc(Cl)cc3)nc2n1. The van der Waals surface area contributed by atoms with Gasteiger partial charge in [-0.3, -0.25) is 0 Å². The molecule has 0 aliphatic rings. The summed E-state index contributed by atoms with van der Waals surface area (Å²) < 4.78 is 0. The molecular weight excluding hydrogens is 386 g/mol. The number of hydrogen-bond acceptors (Lipinski definition) is 6. The molecule has 2 aromatic heterocycles. The summed E-state index contributed by atoms with van der Waals surface area (Å²) in [4.78, 5) is 14.2. The molecule has 0 amide bonds. The topological polar surface area (TPSA) is 97.0 Å². The van der Waals surface area contributed by atoms with Gasteiger partial charge in [-0.25, -0.2) is 15.0 Å². The minimum atomic E-state index is 0.0361. The van der Waals surface area contributed by atoms with Crippen LogP contribution in [0.4, 0.5) is 5.82 Å². The number of halogens is 1. The number of pyridine rings is 1. The van der Waals surface area contributed by atoms with Crippen LogP contribution in [-0.2, 0) is 0 Å². The summed E-state index contributed by atoms with van der Waals surface area (Å²) in [5.41, 5.74) is 9.20. The first-order valence-electron chi connectivity index (χ1n) is 9.17. The zero-order valence-corrected chi connectivity index (χ0v) is 16.8. The number of aliphatic hydroxyl groups is 1. The highest BCUT2D eigenvalue weighted by Gasteiger charge is 2.14. The lowest BCUT2D eigenvalue weighted by molar-refractivity contribution is 0.311. The fourth-order valence-corrected chi connectivity index (χ4v) is 2.96. The van der Waals surface area contributed by atoms with Crippen molar-refractivity contribution < 1.29 is 5.11 Å². The van der Waals surface area contributed by atoms with Gasteiger partial charge in [0.2, 0.25) is 0 Å². The maximum absolute atomic E-state index is 8.99. The minimum Gasteiger partial charge on any atom is -0.395 e. The third kappa shape index (κ3) is 4.86. The largest absolute Gasteiger partial charge is 0.395 e. The van der Waals surface area contributed by atoms with Crippen molar-refractivity contribution in [3.8, 4) is 22.5 Å². The second kappa shape index (κ2) is 9.93. The second-order valence-electron chi connectivity index (χ2n) is 5.98. The van der Waals surface area contributed by atoms with Gasteiger partial charge >= 0.3 is 0 Å². The van der Waals surface area contributed by atoms with E-state index in [4.69, 9.17) is 26.7 Å². The van der Waals surface area contributed by atoms with E-state index in [9.17, 15) is 0 Å². The zero-order valence-electron chi connectivity index (χ0n) is 16.0. The quantitative estimate of drug-likeness (QED) is 0.462. The average molecular weight is 408 g/mol. The van der Waals surface area contributed by atoms with Crippen molar-refractivity contribution in [3.63, 3.8) is 0 Å². The van der Waals surface area contributed by atoms with Crippen LogP contribution < -0.4 is 11.1 Å². The van der Waals surface area contributed by atoms with Crippen LogP contribution in [-0.4, -0.2) is 40.3 Å². The maximum atomic E-state index is 8.99. The third-order valence-electron chi connectivity index (χ3n) is 4.11. The van der Waals surface area contributed by atoms with Gasteiger partial charge in [0.25, 0.3) is 0 Å². The van der Waals surface area contributed by atoms with E-state index in [1.165, 1.54) is 7.05 Å². The zero-order chi connectivity index (χ0) is 20.6. The molecule has 0 radical (unpaired) electrons. The number of nitrogens with zero attached hydrogens (tertiary/aromatic N) is 3. The second-order valence-corrected chi connectivity index (χ2v) is 6.42. The van der Waals surface area contributed by atoms with E-state index in [2.05, 4.69) is 16.0 Å². The lowest BCUT2D eigenvalue weighted by Crippen LogP contribution is -2.07. The Hall–Kier alpha value is -3.06. The van der Waals surface area contributed by atoms with E-state index in [0.29, 0.717) is 28.5 Å². The Morgan fingerprint density at radius 1 is 0.828 bits per heavy atom. The molecule has 0 bridgehead atoms. The Kier molecular flexibility index (Phi) is 7.08. The van der Waals surface area contributed by atoms with Crippen molar-refractivity contribution in [2.45, 2.75) is 0 Å². The number of aromatic nitrogens is 3. The molecule has 7 heteroatoms. The normalized spacial score (nSPS) is 10.3.